The number of hydrogen-bond donors (Lipinski definition) is 2. The summed E-state index contributed by atoms with van der Waals surface area (Å²) < 4.78 is 22.6. The lowest BCUT2D eigenvalue weighted by Crippen LogP contribution is -2.14. The molecule has 1 aromatic rings. The quantitative estimate of drug-likeness (QED) is 0.750. The van der Waals surface area contributed by atoms with Gasteiger partial charge in [0.1, 0.15) is 0 Å². The molecule has 2 rings (SSSR count). The Hall–Kier alpha value is -1.07. The summed E-state index contributed by atoms with van der Waals surface area (Å²) in [6.45, 7) is 3.83. The van der Waals surface area contributed by atoms with Crippen molar-refractivity contribution in [2.45, 2.75) is 31.2 Å². The Balaban J connectivity index is 2.59. The second-order valence-corrected chi connectivity index (χ2v) is 5.60. The third-order valence-corrected chi connectivity index (χ3v) is 3.69. The van der Waals surface area contributed by atoms with Crippen LogP contribution < -0.4 is 10.5 Å². The number of sulfonamides is 1. The van der Waals surface area contributed by atoms with E-state index >= 15 is 0 Å². The van der Waals surface area contributed by atoms with E-state index in [1.165, 1.54) is 0 Å². The van der Waals surface area contributed by atoms with Crippen LogP contribution in [-0.2, 0) is 16.4 Å². The van der Waals surface area contributed by atoms with Crippen LogP contribution in [0.15, 0.2) is 17.0 Å². The largest absolute Gasteiger partial charge is 0.382 e. The lowest BCUT2D eigenvalue weighted by atomic mass is 10.1. The molecule has 0 fully saturated rings. The summed E-state index contributed by atoms with van der Waals surface area (Å²) in [5, 5.41) is 8.35. The molecule has 0 aliphatic carbocycles. The molecule has 4 nitrogen and oxygen atoms in total. The summed E-state index contributed by atoms with van der Waals surface area (Å²) in [4.78, 5) is 0.211. The van der Waals surface area contributed by atoms with Gasteiger partial charge >= 0.3 is 0 Å². The van der Waals surface area contributed by atoms with E-state index in [0.717, 1.165) is 17.7 Å². The van der Waals surface area contributed by atoms with E-state index in [4.69, 9.17) is 5.14 Å². The molecule has 0 saturated heterocycles. The van der Waals surface area contributed by atoms with Crippen LogP contribution in [-0.4, -0.2) is 14.5 Å². The lowest BCUT2D eigenvalue weighted by Gasteiger charge is -2.07. The molecule has 1 aromatic carbocycles. The number of aryl methyl sites for hydroxylation is 1. The molecule has 5 heteroatoms. The first-order valence-corrected chi connectivity index (χ1v) is 6.35. The van der Waals surface area contributed by atoms with Crippen LogP contribution >= 0.6 is 0 Å². The fraction of sp³-hybridized carbons (Fsp3) is 0.400. The number of nitrogens with two attached hydrogens (primary N) is 1. The van der Waals surface area contributed by atoms with Gasteiger partial charge in [0.05, 0.1) is 4.90 Å². The Morgan fingerprint density at radius 2 is 2.13 bits per heavy atom. The second kappa shape index (κ2) is 3.21. The van der Waals surface area contributed by atoms with Crippen LogP contribution in [0.3, 0.4) is 0 Å². The molecule has 0 spiro atoms. The second-order valence-electron chi connectivity index (χ2n) is 4.07. The third-order valence-electron chi connectivity index (χ3n) is 2.64. The van der Waals surface area contributed by atoms with Gasteiger partial charge in [0.2, 0.25) is 10.0 Å². The Labute approximate surface area is 89.5 Å². The Bertz CT molecular complexity index is 508. The first-order valence-electron chi connectivity index (χ1n) is 4.81. The normalized spacial score (nSPS) is 19.8. The van der Waals surface area contributed by atoms with E-state index in [0.29, 0.717) is 11.6 Å². The average molecular weight is 226 g/mol. The van der Waals surface area contributed by atoms with E-state index in [1.54, 1.807) is 13.0 Å². The Morgan fingerprint density at radius 3 is 2.73 bits per heavy atom. The van der Waals surface area contributed by atoms with Crippen molar-refractivity contribution in [2.75, 3.05) is 5.32 Å². The minimum atomic E-state index is -3.61. The molecule has 0 amide bonds. The highest BCUT2D eigenvalue weighted by Gasteiger charge is 2.21. The van der Waals surface area contributed by atoms with Crippen molar-refractivity contribution in [2.24, 2.45) is 5.14 Å². The molecule has 3 N–H and O–H groups in total. The molecule has 0 aromatic heterocycles. The molecular formula is C10H14N2O2S. The lowest BCUT2D eigenvalue weighted by molar-refractivity contribution is 0.597. The van der Waals surface area contributed by atoms with Crippen LogP contribution in [0, 0.1) is 6.92 Å². The Kier molecular flexibility index (Phi) is 2.24. The summed E-state index contributed by atoms with van der Waals surface area (Å²) in [7, 11) is -3.61. The highest BCUT2D eigenvalue weighted by molar-refractivity contribution is 7.89. The SMILES string of the molecule is Cc1cc2c(cc1S(N)(=O)=O)NC(C)C2. The summed E-state index contributed by atoms with van der Waals surface area (Å²) in [5.41, 5.74) is 2.76. The van der Waals surface area contributed by atoms with Crippen molar-refractivity contribution in [1.29, 1.82) is 0 Å². The fourth-order valence-corrected chi connectivity index (χ4v) is 2.79. The fourth-order valence-electron chi connectivity index (χ4n) is 2.00. The van der Waals surface area contributed by atoms with Crippen molar-refractivity contribution in [3.8, 4) is 0 Å². The zero-order chi connectivity index (χ0) is 11.2. The predicted octanol–water partition coefficient (Wildman–Crippen LogP) is 0.999. The summed E-state index contributed by atoms with van der Waals surface area (Å²) in [5.74, 6) is 0. The number of fused-ring (bicyclic) bond motifs is 1. The summed E-state index contributed by atoms with van der Waals surface area (Å²) in [6, 6.07) is 3.88. The van der Waals surface area contributed by atoms with Crippen molar-refractivity contribution in [3.63, 3.8) is 0 Å². The van der Waals surface area contributed by atoms with E-state index in [9.17, 15) is 8.42 Å². The molecule has 82 valence electrons. The van der Waals surface area contributed by atoms with E-state index < -0.39 is 10.0 Å². The van der Waals surface area contributed by atoms with Gasteiger partial charge in [-0.15, -0.1) is 0 Å². The molecule has 0 saturated carbocycles. The maximum atomic E-state index is 11.3. The number of benzene rings is 1. The number of anilines is 1. The average Bonchev–Trinajstić information content (AvgIpc) is 2.40. The van der Waals surface area contributed by atoms with E-state index in [-0.39, 0.29) is 4.90 Å². The molecule has 1 unspecified atom stereocenters. The van der Waals surface area contributed by atoms with Gasteiger partial charge in [-0.2, -0.15) is 0 Å². The first kappa shape index (κ1) is 10.4. The van der Waals surface area contributed by atoms with Gasteiger partial charge in [-0.05, 0) is 37.5 Å². The standard InChI is InChI=1S/C10H14N2O2S/c1-6-3-8-4-7(2)12-9(8)5-10(6)15(11,13)14/h3,5,7,12H,4H2,1-2H3,(H2,11,13,14). The van der Waals surface area contributed by atoms with Gasteiger partial charge < -0.3 is 5.32 Å². The van der Waals surface area contributed by atoms with Gasteiger partial charge in [0.15, 0.2) is 0 Å². The van der Waals surface area contributed by atoms with Crippen LogP contribution in [0.2, 0.25) is 0 Å². The minimum Gasteiger partial charge on any atom is -0.382 e. The zero-order valence-electron chi connectivity index (χ0n) is 8.74. The Morgan fingerprint density at radius 1 is 1.47 bits per heavy atom. The van der Waals surface area contributed by atoms with E-state index in [2.05, 4.69) is 12.2 Å². The van der Waals surface area contributed by atoms with Gasteiger partial charge in [0.25, 0.3) is 0 Å². The van der Waals surface area contributed by atoms with Crippen LogP contribution in [0.5, 0.6) is 0 Å². The first-order chi connectivity index (χ1) is 6.88. The summed E-state index contributed by atoms with van der Waals surface area (Å²) in [6.07, 6.45) is 0.932. The van der Waals surface area contributed by atoms with Crippen LogP contribution in [0.25, 0.3) is 0 Å². The molecule has 1 atom stereocenters. The number of rotatable bonds is 1. The monoisotopic (exact) mass is 226 g/mol. The molecule has 1 aliphatic heterocycles. The maximum absolute atomic E-state index is 11.3. The molecule has 1 heterocycles. The highest BCUT2D eigenvalue weighted by atomic mass is 32.2. The topological polar surface area (TPSA) is 72.2 Å². The molecule has 0 radical (unpaired) electrons. The van der Waals surface area contributed by atoms with Crippen LogP contribution in [0.1, 0.15) is 18.1 Å². The molecular weight excluding hydrogens is 212 g/mol. The van der Waals surface area contributed by atoms with Crippen molar-refractivity contribution in [1.82, 2.24) is 0 Å². The van der Waals surface area contributed by atoms with Gasteiger partial charge in [-0.25, -0.2) is 13.6 Å². The molecule has 1 aliphatic rings. The number of primary sulfonamides is 1. The highest BCUT2D eigenvalue weighted by Crippen LogP contribution is 2.30. The van der Waals surface area contributed by atoms with Gasteiger partial charge in [-0.3, -0.25) is 0 Å². The smallest absolute Gasteiger partial charge is 0.238 e. The molecule has 15 heavy (non-hydrogen) atoms. The van der Waals surface area contributed by atoms with Crippen molar-refractivity contribution in [3.05, 3.63) is 23.3 Å². The van der Waals surface area contributed by atoms with Crippen molar-refractivity contribution >= 4 is 15.7 Å². The van der Waals surface area contributed by atoms with Gasteiger partial charge in [-0.1, -0.05) is 6.07 Å². The number of nitrogens with one attached hydrogen (secondary N) is 1. The minimum absolute atomic E-state index is 0.211. The summed E-state index contributed by atoms with van der Waals surface area (Å²) >= 11 is 0. The number of hydrogen-bond acceptors (Lipinski definition) is 3. The zero-order valence-corrected chi connectivity index (χ0v) is 9.56. The predicted molar refractivity (Wildman–Crippen MR) is 59.3 cm³/mol. The van der Waals surface area contributed by atoms with Crippen molar-refractivity contribution < 1.29 is 8.42 Å². The van der Waals surface area contributed by atoms with E-state index in [1.807, 2.05) is 6.07 Å². The third kappa shape index (κ3) is 1.85. The van der Waals surface area contributed by atoms with Crippen LogP contribution in [0.4, 0.5) is 5.69 Å². The molecule has 0 bridgehead atoms. The maximum Gasteiger partial charge on any atom is 0.238 e. The van der Waals surface area contributed by atoms with Gasteiger partial charge in [0, 0.05) is 11.7 Å².